The summed E-state index contributed by atoms with van der Waals surface area (Å²) in [6.07, 6.45) is 7.43. The molecule has 5 nitrogen and oxygen atoms in total. The number of anilines is 1. The Balaban J connectivity index is 1.48. The highest BCUT2D eigenvalue weighted by atomic mass is 19.1. The number of aromatic nitrogens is 1. The number of ether oxygens (including phenoxy) is 1. The Morgan fingerprint density at radius 3 is 2.58 bits per heavy atom. The minimum atomic E-state index is -0.311. The lowest BCUT2D eigenvalue weighted by atomic mass is 9.96. The molecule has 0 radical (unpaired) electrons. The van der Waals surface area contributed by atoms with E-state index in [1.807, 2.05) is 6.07 Å². The van der Waals surface area contributed by atoms with Gasteiger partial charge < -0.3 is 4.74 Å². The zero-order valence-electron chi connectivity index (χ0n) is 14.7. The maximum Gasteiger partial charge on any atom is 0.271 e. The van der Waals surface area contributed by atoms with Crippen molar-refractivity contribution in [1.82, 2.24) is 10.4 Å². The second-order valence-corrected chi connectivity index (χ2v) is 7.04. The maximum atomic E-state index is 13.0. The highest BCUT2D eigenvalue weighted by Gasteiger charge is 2.30. The van der Waals surface area contributed by atoms with Gasteiger partial charge in [-0.3, -0.25) is 15.2 Å². The molecule has 1 amide bonds. The summed E-state index contributed by atoms with van der Waals surface area (Å²) in [7, 11) is 1.72. The van der Waals surface area contributed by atoms with E-state index in [2.05, 4.69) is 10.4 Å². The van der Waals surface area contributed by atoms with Gasteiger partial charge in [0, 0.05) is 18.8 Å². The Bertz CT molecular complexity index is 801. The number of rotatable bonds is 6. The molecule has 4 rings (SSSR count). The van der Waals surface area contributed by atoms with Crippen molar-refractivity contribution in [2.24, 2.45) is 0 Å². The quantitative estimate of drug-likeness (QED) is 0.801. The fourth-order valence-electron chi connectivity index (χ4n) is 2.97. The van der Waals surface area contributed by atoms with Gasteiger partial charge in [0.05, 0.1) is 11.3 Å². The molecule has 1 heterocycles. The molecule has 1 N–H and O–H groups in total. The van der Waals surface area contributed by atoms with Crippen molar-refractivity contribution in [3.8, 4) is 5.88 Å². The van der Waals surface area contributed by atoms with Gasteiger partial charge in [-0.15, -0.1) is 0 Å². The van der Waals surface area contributed by atoms with Gasteiger partial charge in [-0.2, -0.15) is 0 Å². The van der Waals surface area contributed by atoms with Crippen molar-refractivity contribution in [2.45, 2.75) is 44.1 Å². The molecule has 1 aromatic heterocycles. The number of amides is 1. The standard InChI is InChI=1S/C20H22FN3O2/c1-24(16-9-7-15(21)8-10-16)23-19(25)14-11-18(13-5-6-13)20(22-12-14)26-17-3-2-4-17/h7-13,17H,2-6H2,1H3,(H,23,25). The van der Waals surface area contributed by atoms with Crippen LogP contribution >= 0.6 is 0 Å². The van der Waals surface area contributed by atoms with Crippen molar-refractivity contribution in [2.75, 3.05) is 12.1 Å². The van der Waals surface area contributed by atoms with Crippen LogP contribution in [-0.4, -0.2) is 24.0 Å². The molecule has 0 spiro atoms. The van der Waals surface area contributed by atoms with Crippen LogP contribution in [0.1, 0.15) is 53.9 Å². The molecular weight excluding hydrogens is 333 g/mol. The van der Waals surface area contributed by atoms with Crippen LogP contribution in [0.25, 0.3) is 0 Å². The summed E-state index contributed by atoms with van der Waals surface area (Å²) in [5.41, 5.74) is 5.02. The average Bonchev–Trinajstić information content (AvgIpc) is 3.43. The van der Waals surface area contributed by atoms with Crippen molar-refractivity contribution in [3.05, 3.63) is 53.5 Å². The first-order chi connectivity index (χ1) is 12.6. The largest absolute Gasteiger partial charge is 0.474 e. The number of hydrazine groups is 1. The van der Waals surface area contributed by atoms with E-state index in [0.29, 0.717) is 23.0 Å². The Morgan fingerprint density at radius 1 is 1.23 bits per heavy atom. The molecule has 0 saturated heterocycles. The molecule has 2 fully saturated rings. The van der Waals surface area contributed by atoms with Crippen molar-refractivity contribution in [1.29, 1.82) is 0 Å². The first kappa shape index (κ1) is 16.8. The van der Waals surface area contributed by atoms with Gasteiger partial charge in [0.25, 0.3) is 5.91 Å². The topological polar surface area (TPSA) is 54.5 Å². The summed E-state index contributed by atoms with van der Waals surface area (Å²) in [5, 5.41) is 1.57. The van der Waals surface area contributed by atoms with E-state index in [0.717, 1.165) is 31.2 Å². The molecule has 26 heavy (non-hydrogen) atoms. The molecule has 0 aliphatic heterocycles. The highest BCUT2D eigenvalue weighted by molar-refractivity contribution is 5.95. The Hall–Kier alpha value is -2.63. The van der Waals surface area contributed by atoms with Crippen LogP contribution in [0.3, 0.4) is 0 Å². The normalized spacial score (nSPS) is 16.7. The Morgan fingerprint density at radius 2 is 1.96 bits per heavy atom. The summed E-state index contributed by atoms with van der Waals surface area (Å²) in [6, 6.07) is 7.83. The van der Waals surface area contributed by atoms with Gasteiger partial charge in [0.1, 0.15) is 11.9 Å². The lowest BCUT2D eigenvalue weighted by Crippen LogP contribution is -2.39. The van der Waals surface area contributed by atoms with E-state index < -0.39 is 0 Å². The monoisotopic (exact) mass is 355 g/mol. The van der Waals surface area contributed by atoms with Crippen LogP contribution in [-0.2, 0) is 0 Å². The lowest BCUT2D eigenvalue weighted by Gasteiger charge is -2.27. The van der Waals surface area contributed by atoms with Crippen molar-refractivity contribution >= 4 is 11.6 Å². The van der Waals surface area contributed by atoms with Gasteiger partial charge in [-0.05, 0) is 68.4 Å². The van der Waals surface area contributed by atoms with E-state index in [1.165, 1.54) is 18.6 Å². The molecule has 2 aliphatic carbocycles. The number of nitrogens with zero attached hydrogens (tertiary/aromatic N) is 2. The first-order valence-corrected chi connectivity index (χ1v) is 9.07. The van der Waals surface area contributed by atoms with Crippen LogP contribution in [0.15, 0.2) is 36.5 Å². The second kappa shape index (κ2) is 6.94. The number of halogens is 1. The van der Waals surface area contributed by atoms with Crippen LogP contribution in [0.5, 0.6) is 5.88 Å². The summed E-state index contributed by atoms with van der Waals surface area (Å²) in [4.78, 5) is 17.0. The fourth-order valence-corrected chi connectivity index (χ4v) is 2.97. The molecular formula is C20H22FN3O2. The average molecular weight is 355 g/mol. The number of carbonyl (C=O) groups excluding carboxylic acids is 1. The van der Waals surface area contributed by atoms with E-state index >= 15 is 0 Å². The summed E-state index contributed by atoms with van der Waals surface area (Å²) in [5.74, 6) is 0.566. The minimum Gasteiger partial charge on any atom is -0.474 e. The predicted molar refractivity (Wildman–Crippen MR) is 96.7 cm³/mol. The van der Waals surface area contributed by atoms with Crippen LogP contribution < -0.4 is 15.2 Å². The van der Waals surface area contributed by atoms with E-state index in [9.17, 15) is 9.18 Å². The van der Waals surface area contributed by atoms with Gasteiger partial charge in [-0.1, -0.05) is 0 Å². The molecule has 0 atom stereocenters. The smallest absolute Gasteiger partial charge is 0.271 e. The summed E-state index contributed by atoms with van der Waals surface area (Å²) in [6.45, 7) is 0. The third kappa shape index (κ3) is 3.64. The van der Waals surface area contributed by atoms with Crippen LogP contribution in [0, 0.1) is 5.82 Å². The number of benzene rings is 1. The zero-order valence-corrected chi connectivity index (χ0v) is 14.7. The fraction of sp³-hybridized carbons (Fsp3) is 0.400. The lowest BCUT2D eigenvalue weighted by molar-refractivity contribution is 0.0950. The molecule has 6 heteroatoms. The van der Waals surface area contributed by atoms with Gasteiger partial charge >= 0.3 is 0 Å². The predicted octanol–water partition coefficient (Wildman–Crippen LogP) is 3.81. The Labute approximate surface area is 152 Å². The maximum absolute atomic E-state index is 13.0. The molecule has 0 bridgehead atoms. The number of pyridine rings is 1. The molecule has 2 aromatic rings. The van der Waals surface area contributed by atoms with Gasteiger partial charge in [-0.25, -0.2) is 9.37 Å². The van der Waals surface area contributed by atoms with E-state index in [4.69, 9.17) is 4.74 Å². The molecule has 0 unspecified atom stereocenters. The molecule has 1 aromatic carbocycles. The van der Waals surface area contributed by atoms with E-state index in [1.54, 1.807) is 30.4 Å². The molecule has 2 saturated carbocycles. The third-order valence-corrected chi connectivity index (χ3v) is 4.97. The first-order valence-electron chi connectivity index (χ1n) is 9.07. The highest BCUT2D eigenvalue weighted by Crippen LogP contribution is 2.44. The third-order valence-electron chi connectivity index (χ3n) is 4.97. The SMILES string of the molecule is CN(NC(=O)c1cnc(OC2CCC2)c(C2CC2)c1)c1ccc(F)cc1. The number of hydrogen-bond acceptors (Lipinski definition) is 4. The summed E-state index contributed by atoms with van der Waals surface area (Å²) >= 11 is 0. The van der Waals surface area contributed by atoms with Gasteiger partial charge in [0.15, 0.2) is 0 Å². The second-order valence-electron chi connectivity index (χ2n) is 7.04. The Kier molecular flexibility index (Phi) is 4.49. The van der Waals surface area contributed by atoms with Gasteiger partial charge in [0.2, 0.25) is 5.88 Å². The minimum absolute atomic E-state index is 0.249. The van der Waals surface area contributed by atoms with E-state index in [-0.39, 0.29) is 17.8 Å². The van der Waals surface area contributed by atoms with Crippen LogP contribution in [0.4, 0.5) is 10.1 Å². The molecule has 136 valence electrons. The summed E-state index contributed by atoms with van der Waals surface area (Å²) < 4.78 is 19.0. The van der Waals surface area contributed by atoms with Crippen molar-refractivity contribution < 1.29 is 13.9 Å². The van der Waals surface area contributed by atoms with Crippen molar-refractivity contribution in [3.63, 3.8) is 0 Å². The zero-order chi connectivity index (χ0) is 18.1. The molecule has 2 aliphatic rings. The number of hydrogen-bond donors (Lipinski definition) is 1. The van der Waals surface area contributed by atoms with Crippen LogP contribution in [0.2, 0.25) is 0 Å². The number of nitrogens with one attached hydrogen (secondary N) is 1. The number of carbonyl (C=O) groups is 1.